The van der Waals surface area contributed by atoms with Gasteiger partial charge in [-0.15, -0.1) is 0 Å². The van der Waals surface area contributed by atoms with Gasteiger partial charge in [-0.25, -0.2) is 0 Å². The summed E-state index contributed by atoms with van der Waals surface area (Å²) >= 11 is 6.78. The van der Waals surface area contributed by atoms with Gasteiger partial charge in [-0.3, -0.25) is 4.79 Å². The lowest BCUT2D eigenvalue weighted by Crippen LogP contribution is -2.15. The molecule has 0 aliphatic rings. The second kappa shape index (κ2) is 5.88. The largest absolute Gasteiger partial charge is 0.495 e. The molecule has 2 aromatic rings. The number of hydrogen-bond donors (Lipinski definition) is 2. The van der Waals surface area contributed by atoms with Gasteiger partial charge in [-0.05, 0) is 44.0 Å². The van der Waals surface area contributed by atoms with Crippen molar-refractivity contribution in [1.82, 2.24) is 4.57 Å². The number of ether oxygens (including phenoxy) is 1. The fraction of sp³-hybridized carbons (Fsp3) is 0.154. The van der Waals surface area contributed by atoms with E-state index >= 15 is 0 Å². The van der Waals surface area contributed by atoms with Crippen molar-refractivity contribution in [1.29, 1.82) is 0 Å². The fourth-order valence-electron chi connectivity index (χ4n) is 1.78. The van der Waals surface area contributed by atoms with Crippen LogP contribution >= 0.6 is 31.9 Å². The highest BCUT2D eigenvalue weighted by molar-refractivity contribution is 9.11. The molecule has 7 heteroatoms. The number of aromatic nitrogens is 1. The van der Waals surface area contributed by atoms with Gasteiger partial charge < -0.3 is 20.4 Å². The number of anilines is 2. The number of nitrogens with one attached hydrogen (secondary N) is 1. The number of nitrogens with zero attached hydrogens (tertiary/aromatic N) is 1. The summed E-state index contributed by atoms with van der Waals surface area (Å²) in [5, 5.41) is 2.82. The van der Waals surface area contributed by atoms with E-state index < -0.39 is 0 Å². The van der Waals surface area contributed by atoms with E-state index in [1.54, 1.807) is 37.1 Å². The highest BCUT2D eigenvalue weighted by Crippen LogP contribution is 2.34. The van der Waals surface area contributed by atoms with Crippen molar-refractivity contribution in [3.8, 4) is 5.75 Å². The SMILES string of the molecule is COc1cc(NC(=O)c2cc(N)cn2C)c(Br)cc1Br. The standard InChI is InChI=1S/C13H13Br2N3O2/c1-18-6-7(16)3-11(18)13(19)17-10-5-12(20-2)9(15)4-8(10)14/h3-6H,16H2,1-2H3,(H,17,19). The number of aryl methyl sites for hydroxylation is 1. The predicted molar refractivity (Wildman–Crippen MR) is 86.2 cm³/mol. The van der Waals surface area contributed by atoms with Crippen molar-refractivity contribution in [2.75, 3.05) is 18.2 Å². The molecule has 0 saturated carbocycles. The molecule has 0 saturated heterocycles. The maximum Gasteiger partial charge on any atom is 0.272 e. The number of hydrogen-bond acceptors (Lipinski definition) is 3. The normalized spacial score (nSPS) is 10.4. The molecule has 1 aromatic carbocycles. The number of nitrogen functional groups attached to an aromatic ring is 1. The van der Waals surface area contributed by atoms with Crippen LogP contribution in [0.5, 0.6) is 5.75 Å². The Morgan fingerprint density at radius 1 is 1.30 bits per heavy atom. The molecule has 0 aliphatic carbocycles. The zero-order chi connectivity index (χ0) is 14.9. The summed E-state index contributed by atoms with van der Waals surface area (Å²) in [7, 11) is 3.33. The lowest BCUT2D eigenvalue weighted by atomic mass is 10.3. The number of methoxy groups -OCH3 is 1. The second-order valence-corrected chi connectivity index (χ2v) is 5.90. The smallest absolute Gasteiger partial charge is 0.272 e. The number of amides is 1. The van der Waals surface area contributed by atoms with Gasteiger partial charge in [-0.2, -0.15) is 0 Å². The molecule has 0 spiro atoms. The van der Waals surface area contributed by atoms with Crippen LogP contribution < -0.4 is 15.8 Å². The molecule has 0 radical (unpaired) electrons. The first-order chi connectivity index (χ1) is 9.42. The van der Waals surface area contributed by atoms with E-state index in [9.17, 15) is 4.79 Å². The van der Waals surface area contributed by atoms with Gasteiger partial charge in [0.15, 0.2) is 0 Å². The summed E-state index contributed by atoms with van der Waals surface area (Å²) in [6, 6.07) is 5.17. The molecule has 106 valence electrons. The van der Waals surface area contributed by atoms with Crippen LogP contribution in [0.4, 0.5) is 11.4 Å². The molecular formula is C13H13Br2N3O2. The Morgan fingerprint density at radius 2 is 2.00 bits per heavy atom. The molecule has 3 N–H and O–H groups in total. The molecule has 0 fully saturated rings. The van der Waals surface area contributed by atoms with Gasteiger partial charge in [0.25, 0.3) is 5.91 Å². The highest BCUT2D eigenvalue weighted by Gasteiger charge is 2.14. The molecule has 2 rings (SSSR count). The van der Waals surface area contributed by atoms with Crippen molar-refractivity contribution in [3.63, 3.8) is 0 Å². The Hall–Kier alpha value is -1.47. The van der Waals surface area contributed by atoms with E-state index in [-0.39, 0.29) is 5.91 Å². The van der Waals surface area contributed by atoms with Crippen LogP contribution in [-0.4, -0.2) is 17.6 Å². The molecular weight excluding hydrogens is 390 g/mol. The third-order valence-corrected chi connectivity index (χ3v) is 4.02. The molecule has 1 heterocycles. The van der Waals surface area contributed by atoms with Crippen LogP contribution in [0.25, 0.3) is 0 Å². The van der Waals surface area contributed by atoms with E-state index in [4.69, 9.17) is 10.5 Å². The summed E-state index contributed by atoms with van der Waals surface area (Å²) in [4.78, 5) is 12.2. The Labute approximate surface area is 133 Å². The quantitative estimate of drug-likeness (QED) is 0.826. The van der Waals surface area contributed by atoms with Gasteiger partial charge in [0.05, 0.1) is 23.0 Å². The van der Waals surface area contributed by atoms with Crippen molar-refractivity contribution in [2.45, 2.75) is 0 Å². The topological polar surface area (TPSA) is 69.3 Å². The van der Waals surface area contributed by atoms with Gasteiger partial charge in [0.2, 0.25) is 0 Å². The van der Waals surface area contributed by atoms with Crippen molar-refractivity contribution < 1.29 is 9.53 Å². The fourth-order valence-corrected chi connectivity index (χ4v) is 3.04. The monoisotopic (exact) mass is 401 g/mol. The Kier molecular flexibility index (Phi) is 4.39. The van der Waals surface area contributed by atoms with Gasteiger partial charge in [0.1, 0.15) is 11.4 Å². The molecule has 0 atom stereocenters. The zero-order valence-electron chi connectivity index (χ0n) is 10.9. The highest BCUT2D eigenvalue weighted by atomic mass is 79.9. The van der Waals surface area contributed by atoms with Gasteiger partial charge >= 0.3 is 0 Å². The minimum absolute atomic E-state index is 0.241. The molecule has 0 aliphatic heterocycles. The predicted octanol–water partition coefficient (Wildman–Crippen LogP) is 3.39. The molecule has 5 nitrogen and oxygen atoms in total. The van der Waals surface area contributed by atoms with Crippen molar-refractivity contribution in [3.05, 3.63) is 39.0 Å². The van der Waals surface area contributed by atoms with Gasteiger partial charge in [0, 0.05) is 23.8 Å². The van der Waals surface area contributed by atoms with Crippen LogP contribution in [0.3, 0.4) is 0 Å². The molecule has 1 aromatic heterocycles. The van der Waals surface area contributed by atoms with E-state index in [2.05, 4.69) is 37.2 Å². The third-order valence-electron chi connectivity index (χ3n) is 2.75. The summed E-state index contributed by atoms with van der Waals surface area (Å²) in [6.45, 7) is 0. The Balaban J connectivity index is 2.30. The zero-order valence-corrected chi connectivity index (χ0v) is 14.1. The number of rotatable bonds is 3. The average molecular weight is 403 g/mol. The second-order valence-electron chi connectivity index (χ2n) is 4.19. The Bertz CT molecular complexity index is 668. The van der Waals surface area contributed by atoms with Crippen LogP contribution in [0.1, 0.15) is 10.5 Å². The number of carbonyl (C=O) groups is 1. The van der Waals surface area contributed by atoms with E-state index in [1.807, 2.05) is 6.07 Å². The van der Waals surface area contributed by atoms with Crippen LogP contribution in [0, 0.1) is 0 Å². The summed E-state index contributed by atoms with van der Waals surface area (Å²) in [5.74, 6) is 0.393. The lowest BCUT2D eigenvalue weighted by Gasteiger charge is -2.11. The number of halogens is 2. The summed E-state index contributed by atoms with van der Waals surface area (Å²) in [6.07, 6.45) is 1.69. The van der Waals surface area contributed by atoms with E-state index in [0.29, 0.717) is 22.8 Å². The number of benzene rings is 1. The first kappa shape index (κ1) is 14.9. The minimum atomic E-state index is -0.241. The average Bonchev–Trinajstić information content (AvgIpc) is 2.71. The lowest BCUT2D eigenvalue weighted by molar-refractivity contribution is 0.101. The first-order valence-electron chi connectivity index (χ1n) is 5.68. The van der Waals surface area contributed by atoms with Crippen LogP contribution in [0.15, 0.2) is 33.3 Å². The first-order valence-corrected chi connectivity index (χ1v) is 7.27. The Morgan fingerprint density at radius 3 is 2.55 bits per heavy atom. The van der Waals surface area contributed by atoms with Crippen LogP contribution in [-0.2, 0) is 7.05 Å². The molecule has 0 bridgehead atoms. The maximum atomic E-state index is 12.2. The van der Waals surface area contributed by atoms with Crippen LogP contribution in [0.2, 0.25) is 0 Å². The van der Waals surface area contributed by atoms with Crippen molar-refractivity contribution >= 4 is 49.1 Å². The number of nitrogens with two attached hydrogens (primary N) is 1. The summed E-state index contributed by atoms with van der Waals surface area (Å²) < 4.78 is 8.44. The summed E-state index contributed by atoms with van der Waals surface area (Å²) in [5.41, 5.74) is 7.32. The minimum Gasteiger partial charge on any atom is -0.495 e. The molecule has 1 amide bonds. The van der Waals surface area contributed by atoms with E-state index in [1.165, 1.54) is 0 Å². The molecule has 0 unspecified atom stereocenters. The van der Waals surface area contributed by atoms with E-state index in [0.717, 1.165) is 8.95 Å². The third kappa shape index (κ3) is 2.99. The molecule has 20 heavy (non-hydrogen) atoms. The number of carbonyl (C=O) groups excluding carboxylic acids is 1. The van der Waals surface area contributed by atoms with Crippen molar-refractivity contribution in [2.24, 2.45) is 7.05 Å². The van der Waals surface area contributed by atoms with Gasteiger partial charge in [-0.1, -0.05) is 0 Å². The maximum absolute atomic E-state index is 12.2.